The van der Waals surface area contributed by atoms with Crippen molar-refractivity contribution >= 4 is 17.4 Å². The zero-order valence-electron chi connectivity index (χ0n) is 14.4. The van der Waals surface area contributed by atoms with Crippen LogP contribution >= 0.6 is 0 Å². The lowest BCUT2D eigenvalue weighted by molar-refractivity contribution is 0.102. The molecule has 3 N–H and O–H groups in total. The minimum atomic E-state index is -0.687. The van der Waals surface area contributed by atoms with E-state index < -0.39 is 11.9 Å². The molecule has 0 bridgehead atoms. The lowest BCUT2D eigenvalue weighted by Crippen LogP contribution is -2.16. The summed E-state index contributed by atoms with van der Waals surface area (Å²) in [7, 11) is 0. The van der Waals surface area contributed by atoms with Gasteiger partial charge in [-0.25, -0.2) is 4.98 Å². The zero-order chi connectivity index (χ0) is 18.7. The van der Waals surface area contributed by atoms with Gasteiger partial charge in [0, 0.05) is 17.3 Å². The summed E-state index contributed by atoms with van der Waals surface area (Å²) in [6.45, 7) is 3.48. The van der Waals surface area contributed by atoms with Crippen LogP contribution in [0.1, 0.15) is 21.5 Å². The van der Waals surface area contributed by atoms with E-state index in [0.29, 0.717) is 11.4 Å². The predicted octanol–water partition coefficient (Wildman–Crippen LogP) is 4.46. The fourth-order valence-electron chi connectivity index (χ4n) is 2.42. The molecule has 0 aliphatic rings. The molecule has 3 aromatic rings. The fraction of sp³-hybridized carbons (Fsp3) is 0.100. The van der Waals surface area contributed by atoms with Crippen LogP contribution < -0.4 is 15.8 Å². The Morgan fingerprint density at radius 1 is 1.08 bits per heavy atom. The van der Waals surface area contributed by atoms with Gasteiger partial charge in [0.2, 0.25) is 5.95 Å². The number of rotatable bonds is 4. The van der Waals surface area contributed by atoms with Gasteiger partial charge < -0.3 is 15.8 Å². The maximum absolute atomic E-state index is 13.4. The number of carbonyl (C=O) groups excluding carboxylic acids is 1. The van der Waals surface area contributed by atoms with Crippen LogP contribution in [0.15, 0.2) is 54.6 Å². The number of nitrogens with two attached hydrogens (primary N) is 1. The number of anilines is 2. The highest BCUT2D eigenvalue weighted by Gasteiger charge is 2.14. The number of nitrogens with one attached hydrogen (secondary N) is 1. The number of pyridine rings is 1. The highest BCUT2D eigenvalue weighted by atomic mass is 19.1. The third kappa shape index (κ3) is 3.80. The van der Waals surface area contributed by atoms with Crippen molar-refractivity contribution < 1.29 is 13.9 Å². The van der Waals surface area contributed by atoms with Gasteiger partial charge in [-0.3, -0.25) is 4.79 Å². The minimum Gasteiger partial charge on any atom is -0.457 e. The maximum atomic E-state index is 13.4. The van der Waals surface area contributed by atoms with E-state index in [1.807, 2.05) is 31.2 Å². The van der Waals surface area contributed by atoms with Crippen molar-refractivity contribution in [2.75, 3.05) is 11.1 Å². The van der Waals surface area contributed by atoms with E-state index in [4.69, 9.17) is 10.5 Å². The topological polar surface area (TPSA) is 77.2 Å². The number of hydrogen-bond donors (Lipinski definition) is 2. The van der Waals surface area contributed by atoms with Crippen LogP contribution in [-0.2, 0) is 0 Å². The van der Waals surface area contributed by atoms with E-state index in [1.54, 1.807) is 24.3 Å². The van der Waals surface area contributed by atoms with E-state index in [9.17, 15) is 9.18 Å². The Bertz CT molecular complexity index is 973. The van der Waals surface area contributed by atoms with Crippen LogP contribution in [0.5, 0.6) is 11.5 Å². The molecule has 0 aliphatic heterocycles. The van der Waals surface area contributed by atoms with Crippen LogP contribution in [0.4, 0.5) is 15.9 Å². The highest BCUT2D eigenvalue weighted by Crippen LogP contribution is 2.27. The van der Waals surface area contributed by atoms with Crippen molar-refractivity contribution in [1.29, 1.82) is 0 Å². The van der Waals surface area contributed by atoms with Crippen LogP contribution in [0.25, 0.3) is 0 Å². The van der Waals surface area contributed by atoms with Crippen molar-refractivity contribution in [1.82, 2.24) is 4.98 Å². The summed E-state index contributed by atoms with van der Waals surface area (Å²) in [5.74, 6) is 0.00815. The molecular weight excluding hydrogens is 333 g/mol. The number of hydrogen-bond acceptors (Lipinski definition) is 4. The number of nitrogen functional groups attached to an aromatic ring is 1. The van der Waals surface area contributed by atoms with Gasteiger partial charge in [-0.05, 0) is 43.7 Å². The van der Waals surface area contributed by atoms with Crippen molar-refractivity contribution in [2.45, 2.75) is 13.8 Å². The van der Waals surface area contributed by atoms with Crippen molar-refractivity contribution in [3.05, 3.63) is 77.2 Å². The SMILES string of the molecule is Cc1ccccc1Oc1cccc(NC(=O)c2cc(C)c(F)nc2N)c1. The molecule has 6 heteroatoms. The molecule has 5 nitrogen and oxygen atoms in total. The molecule has 0 aliphatic carbocycles. The molecule has 0 atom stereocenters. The van der Waals surface area contributed by atoms with Crippen LogP contribution in [0.2, 0.25) is 0 Å². The number of ether oxygens (including phenoxy) is 1. The first-order chi connectivity index (χ1) is 12.4. The number of nitrogens with zero attached hydrogens (tertiary/aromatic N) is 1. The number of aryl methyl sites for hydroxylation is 2. The van der Waals surface area contributed by atoms with Gasteiger partial charge in [0.05, 0.1) is 5.56 Å². The Balaban J connectivity index is 1.80. The summed E-state index contributed by atoms with van der Waals surface area (Å²) in [6.07, 6.45) is 0. The number of aromatic nitrogens is 1. The van der Waals surface area contributed by atoms with E-state index >= 15 is 0 Å². The molecule has 0 spiro atoms. The fourth-order valence-corrected chi connectivity index (χ4v) is 2.42. The molecule has 1 amide bonds. The molecule has 0 unspecified atom stereocenters. The molecule has 0 saturated carbocycles. The smallest absolute Gasteiger partial charge is 0.259 e. The van der Waals surface area contributed by atoms with E-state index in [-0.39, 0.29) is 16.9 Å². The van der Waals surface area contributed by atoms with Crippen molar-refractivity contribution in [3.8, 4) is 11.5 Å². The average Bonchev–Trinajstić information content (AvgIpc) is 2.60. The standard InChI is InChI=1S/C20H18FN3O2/c1-12-6-3-4-9-17(12)26-15-8-5-7-14(11-15)23-20(25)16-10-13(2)18(21)24-19(16)22/h3-11H,1-2H3,(H2,22,24)(H,23,25). The summed E-state index contributed by atoms with van der Waals surface area (Å²) in [5.41, 5.74) is 7.56. The monoisotopic (exact) mass is 351 g/mol. The minimum absolute atomic E-state index is 0.120. The molecule has 2 aromatic carbocycles. The highest BCUT2D eigenvalue weighted by molar-refractivity contribution is 6.07. The summed E-state index contributed by atoms with van der Waals surface area (Å²) in [4.78, 5) is 16.0. The predicted molar refractivity (Wildman–Crippen MR) is 99.0 cm³/mol. The largest absolute Gasteiger partial charge is 0.457 e. The lowest BCUT2D eigenvalue weighted by atomic mass is 10.1. The van der Waals surface area contributed by atoms with Gasteiger partial charge in [-0.15, -0.1) is 0 Å². The zero-order valence-corrected chi connectivity index (χ0v) is 14.4. The van der Waals surface area contributed by atoms with Gasteiger partial charge in [-0.1, -0.05) is 24.3 Å². The first-order valence-electron chi connectivity index (χ1n) is 8.01. The molecule has 0 radical (unpaired) electrons. The first kappa shape index (κ1) is 17.4. The summed E-state index contributed by atoms with van der Waals surface area (Å²) >= 11 is 0. The first-order valence-corrected chi connectivity index (χ1v) is 8.01. The van der Waals surface area contributed by atoms with E-state index in [2.05, 4.69) is 10.3 Å². The maximum Gasteiger partial charge on any atom is 0.259 e. The third-order valence-electron chi connectivity index (χ3n) is 3.84. The molecule has 3 rings (SSSR count). The number of amides is 1. The lowest BCUT2D eigenvalue weighted by Gasteiger charge is -2.11. The second-order valence-electron chi connectivity index (χ2n) is 5.88. The van der Waals surface area contributed by atoms with Crippen LogP contribution in [0, 0.1) is 19.8 Å². The Morgan fingerprint density at radius 3 is 2.62 bits per heavy atom. The molecule has 132 valence electrons. The van der Waals surface area contributed by atoms with Crippen molar-refractivity contribution in [2.24, 2.45) is 0 Å². The Morgan fingerprint density at radius 2 is 1.85 bits per heavy atom. The molecule has 26 heavy (non-hydrogen) atoms. The molecule has 1 heterocycles. The van der Waals surface area contributed by atoms with Gasteiger partial charge in [-0.2, -0.15) is 4.39 Å². The summed E-state index contributed by atoms with van der Waals surface area (Å²) in [5, 5.41) is 2.73. The molecule has 0 saturated heterocycles. The summed E-state index contributed by atoms with van der Waals surface area (Å²) in [6, 6.07) is 16.0. The quantitative estimate of drug-likeness (QED) is 0.680. The van der Waals surface area contributed by atoms with E-state index in [0.717, 1.165) is 11.3 Å². The number of halogens is 1. The van der Waals surface area contributed by atoms with Gasteiger partial charge in [0.25, 0.3) is 5.91 Å². The average molecular weight is 351 g/mol. The van der Waals surface area contributed by atoms with Crippen LogP contribution in [0.3, 0.4) is 0 Å². The number of para-hydroxylation sites is 1. The van der Waals surface area contributed by atoms with Crippen molar-refractivity contribution in [3.63, 3.8) is 0 Å². The second kappa shape index (κ2) is 7.23. The number of benzene rings is 2. The van der Waals surface area contributed by atoms with Gasteiger partial charge >= 0.3 is 0 Å². The third-order valence-corrected chi connectivity index (χ3v) is 3.84. The molecule has 0 fully saturated rings. The molecule has 1 aromatic heterocycles. The normalized spacial score (nSPS) is 10.4. The second-order valence-corrected chi connectivity index (χ2v) is 5.88. The van der Waals surface area contributed by atoms with Gasteiger partial charge in [0.15, 0.2) is 0 Å². The number of carbonyl (C=O) groups is 1. The Hall–Kier alpha value is -3.41. The Labute approximate surface area is 150 Å². The van der Waals surface area contributed by atoms with Gasteiger partial charge in [0.1, 0.15) is 17.3 Å². The van der Waals surface area contributed by atoms with Crippen LogP contribution in [-0.4, -0.2) is 10.9 Å². The Kier molecular flexibility index (Phi) is 4.84. The molecular formula is C20H18FN3O2. The van der Waals surface area contributed by atoms with E-state index in [1.165, 1.54) is 13.0 Å². The summed E-state index contributed by atoms with van der Waals surface area (Å²) < 4.78 is 19.3.